The van der Waals surface area contributed by atoms with Gasteiger partial charge in [-0.3, -0.25) is 0 Å². The maximum atomic E-state index is 3.46. The summed E-state index contributed by atoms with van der Waals surface area (Å²) >= 11 is 0. The van der Waals surface area contributed by atoms with E-state index in [0.29, 0.717) is 0 Å². The SMILES string of the molecule is C1CCNCCCNCCCNC1.Cl.Cl.Cl. The molecule has 0 bridgehead atoms. The van der Waals surface area contributed by atoms with E-state index in [2.05, 4.69) is 16.0 Å². The lowest BCUT2D eigenvalue weighted by Crippen LogP contribution is -2.24. The Morgan fingerprint density at radius 3 is 0.938 bits per heavy atom. The van der Waals surface area contributed by atoms with Crippen LogP contribution < -0.4 is 16.0 Å². The highest BCUT2D eigenvalue weighted by Gasteiger charge is 1.93. The molecule has 1 aliphatic heterocycles. The van der Waals surface area contributed by atoms with E-state index in [1.165, 1.54) is 51.9 Å². The van der Waals surface area contributed by atoms with Crippen LogP contribution in [0.3, 0.4) is 0 Å². The number of rotatable bonds is 0. The van der Waals surface area contributed by atoms with Gasteiger partial charge in [-0.1, -0.05) is 0 Å². The maximum absolute atomic E-state index is 3.46. The highest BCUT2D eigenvalue weighted by atomic mass is 35.5. The van der Waals surface area contributed by atoms with Crippen LogP contribution in [0.25, 0.3) is 0 Å². The minimum absolute atomic E-state index is 0. The zero-order valence-electron chi connectivity index (χ0n) is 9.80. The Hall–Kier alpha value is 0.750. The van der Waals surface area contributed by atoms with Gasteiger partial charge in [0.15, 0.2) is 0 Å². The van der Waals surface area contributed by atoms with E-state index in [-0.39, 0.29) is 37.2 Å². The van der Waals surface area contributed by atoms with E-state index in [9.17, 15) is 0 Å². The second-order valence-corrected chi connectivity index (χ2v) is 3.66. The van der Waals surface area contributed by atoms with Gasteiger partial charge >= 0.3 is 0 Å². The molecule has 1 heterocycles. The molecule has 0 amide bonds. The zero-order valence-corrected chi connectivity index (χ0v) is 12.2. The van der Waals surface area contributed by atoms with E-state index in [4.69, 9.17) is 0 Å². The van der Waals surface area contributed by atoms with Crippen LogP contribution >= 0.6 is 37.2 Å². The van der Waals surface area contributed by atoms with Crippen molar-refractivity contribution in [2.45, 2.75) is 25.7 Å². The molecule has 1 rings (SSSR count). The molecule has 0 radical (unpaired) electrons. The third kappa shape index (κ3) is 14.8. The van der Waals surface area contributed by atoms with E-state index in [0.717, 1.165) is 13.1 Å². The quantitative estimate of drug-likeness (QED) is 0.635. The lowest BCUT2D eigenvalue weighted by Gasteiger charge is -2.04. The monoisotopic (exact) mass is 293 g/mol. The second-order valence-electron chi connectivity index (χ2n) is 3.66. The van der Waals surface area contributed by atoms with Gasteiger partial charge < -0.3 is 16.0 Å². The van der Waals surface area contributed by atoms with Crippen LogP contribution in [0.2, 0.25) is 0 Å². The molecule has 6 heteroatoms. The van der Waals surface area contributed by atoms with Crippen LogP contribution in [0, 0.1) is 0 Å². The lowest BCUT2D eigenvalue weighted by atomic mass is 10.3. The van der Waals surface area contributed by atoms with Crippen molar-refractivity contribution in [2.24, 2.45) is 0 Å². The molecular weight excluding hydrogens is 268 g/mol. The summed E-state index contributed by atoms with van der Waals surface area (Å²) in [7, 11) is 0. The van der Waals surface area contributed by atoms with Crippen molar-refractivity contribution in [3.8, 4) is 0 Å². The molecule has 0 aromatic heterocycles. The molecule has 3 nitrogen and oxygen atoms in total. The highest BCUT2D eigenvalue weighted by Crippen LogP contribution is 1.86. The highest BCUT2D eigenvalue weighted by molar-refractivity contribution is 5.86. The Morgan fingerprint density at radius 2 is 0.625 bits per heavy atom. The van der Waals surface area contributed by atoms with Gasteiger partial charge in [-0.15, -0.1) is 37.2 Å². The average Bonchev–Trinajstić information content (AvgIpc) is 2.18. The van der Waals surface area contributed by atoms with Crippen LogP contribution in [-0.2, 0) is 0 Å². The summed E-state index contributed by atoms with van der Waals surface area (Å²) in [6.45, 7) is 7.02. The van der Waals surface area contributed by atoms with Crippen molar-refractivity contribution in [2.75, 3.05) is 39.3 Å². The number of nitrogens with one attached hydrogen (secondary N) is 3. The molecule has 0 atom stereocenters. The average molecular weight is 295 g/mol. The standard InChI is InChI=1S/C10H23N3.3ClH/c1-2-6-12-8-4-10-13-9-3-7-11-5-1;;;/h11-13H,1-10H2;3*1H. The summed E-state index contributed by atoms with van der Waals surface area (Å²) < 4.78 is 0. The third-order valence-electron chi connectivity index (χ3n) is 2.37. The van der Waals surface area contributed by atoms with Crippen molar-refractivity contribution in [3.63, 3.8) is 0 Å². The third-order valence-corrected chi connectivity index (χ3v) is 2.37. The fourth-order valence-corrected chi connectivity index (χ4v) is 1.55. The molecule has 1 fully saturated rings. The van der Waals surface area contributed by atoms with Crippen LogP contribution in [0.4, 0.5) is 0 Å². The minimum Gasteiger partial charge on any atom is -0.317 e. The molecule has 1 aliphatic rings. The fraction of sp³-hybridized carbons (Fsp3) is 1.00. The first kappa shape index (κ1) is 22.0. The van der Waals surface area contributed by atoms with Crippen LogP contribution in [-0.4, -0.2) is 39.3 Å². The van der Waals surface area contributed by atoms with Crippen molar-refractivity contribution in [1.82, 2.24) is 16.0 Å². The largest absolute Gasteiger partial charge is 0.317 e. The van der Waals surface area contributed by atoms with E-state index in [1.54, 1.807) is 0 Å². The molecule has 102 valence electrons. The number of hydrogen-bond acceptors (Lipinski definition) is 3. The molecule has 3 N–H and O–H groups in total. The Balaban J connectivity index is -0.000000563. The number of halogens is 3. The van der Waals surface area contributed by atoms with Crippen molar-refractivity contribution in [1.29, 1.82) is 0 Å². The van der Waals surface area contributed by atoms with Gasteiger partial charge in [-0.25, -0.2) is 0 Å². The molecule has 0 aromatic carbocycles. The van der Waals surface area contributed by atoms with Crippen molar-refractivity contribution in [3.05, 3.63) is 0 Å². The van der Waals surface area contributed by atoms with E-state index < -0.39 is 0 Å². The predicted molar refractivity (Wildman–Crippen MR) is 78.8 cm³/mol. The van der Waals surface area contributed by atoms with E-state index >= 15 is 0 Å². The van der Waals surface area contributed by atoms with Gasteiger partial charge in [0.25, 0.3) is 0 Å². The van der Waals surface area contributed by atoms with E-state index in [1.807, 2.05) is 0 Å². The summed E-state index contributed by atoms with van der Waals surface area (Å²) in [6, 6.07) is 0. The van der Waals surface area contributed by atoms with Crippen molar-refractivity contribution >= 4 is 37.2 Å². The molecule has 0 spiro atoms. The Morgan fingerprint density at radius 1 is 0.375 bits per heavy atom. The van der Waals surface area contributed by atoms with Gasteiger partial charge in [0.05, 0.1) is 0 Å². The second kappa shape index (κ2) is 18.1. The maximum Gasteiger partial charge on any atom is -0.00368 e. The van der Waals surface area contributed by atoms with Gasteiger partial charge in [0.2, 0.25) is 0 Å². The van der Waals surface area contributed by atoms with Gasteiger partial charge in [0, 0.05) is 0 Å². The summed E-state index contributed by atoms with van der Waals surface area (Å²) in [5.41, 5.74) is 0. The first-order valence-electron chi connectivity index (χ1n) is 5.62. The first-order valence-corrected chi connectivity index (χ1v) is 5.62. The topological polar surface area (TPSA) is 36.1 Å². The molecular formula is C10H26Cl3N3. The fourth-order valence-electron chi connectivity index (χ4n) is 1.55. The zero-order chi connectivity index (χ0) is 9.19. The minimum atomic E-state index is 0. The first-order chi connectivity index (χ1) is 6.50. The van der Waals surface area contributed by atoms with Gasteiger partial charge in [0.1, 0.15) is 0 Å². The van der Waals surface area contributed by atoms with Crippen LogP contribution in [0.15, 0.2) is 0 Å². The Bertz CT molecular complexity index is 69.4. The smallest absolute Gasteiger partial charge is 0.00368 e. The van der Waals surface area contributed by atoms with Gasteiger partial charge in [-0.2, -0.15) is 0 Å². The summed E-state index contributed by atoms with van der Waals surface area (Å²) in [6.07, 6.45) is 5.13. The molecule has 0 saturated carbocycles. The summed E-state index contributed by atoms with van der Waals surface area (Å²) in [5.74, 6) is 0. The summed E-state index contributed by atoms with van der Waals surface area (Å²) in [4.78, 5) is 0. The molecule has 1 saturated heterocycles. The van der Waals surface area contributed by atoms with Crippen LogP contribution in [0.5, 0.6) is 0 Å². The molecule has 0 unspecified atom stereocenters. The van der Waals surface area contributed by atoms with Crippen molar-refractivity contribution < 1.29 is 0 Å². The molecule has 0 aliphatic carbocycles. The molecule has 16 heavy (non-hydrogen) atoms. The van der Waals surface area contributed by atoms with Crippen LogP contribution in [0.1, 0.15) is 25.7 Å². The Kier molecular flexibility index (Phi) is 24.9. The predicted octanol–water partition coefficient (Wildman–Crippen LogP) is 1.59. The Labute approximate surface area is 118 Å². The number of hydrogen-bond donors (Lipinski definition) is 3. The molecule has 0 aromatic rings. The lowest BCUT2D eigenvalue weighted by molar-refractivity contribution is 0.582. The normalized spacial score (nSPS) is 19.5. The van der Waals surface area contributed by atoms with Gasteiger partial charge in [-0.05, 0) is 65.0 Å². The summed E-state index contributed by atoms with van der Waals surface area (Å²) in [5, 5.41) is 10.4.